The van der Waals surface area contributed by atoms with E-state index >= 15 is 0 Å². The number of carboxylic acid groups (broad SMARTS) is 1. The van der Waals surface area contributed by atoms with E-state index < -0.39 is 34.2 Å². The summed E-state index contributed by atoms with van der Waals surface area (Å²) in [7, 11) is 1.36. The largest absolute Gasteiger partial charge is 0.481 e. The molecule has 218 valence electrons. The predicted molar refractivity (Wildman–Crippen MR) is 149 cm³/mol. The molecule has 1 amide bonds. The Morgan fingerprint density at radius 3 is 2.46 bits per heavy atom. The summed E-state index contributed by atoms with van der Waals surface area (Å²) in [6.45, 7) is 4.62. The van der Waals surface area contributed by atoms with Gasteiger partial charge in [-0.3, -0.25) is 10.1 Å². The number of nitrogens with one attached hydrogen (secondary N) is 1. The minimum atomic E-state index is -1.40. The number of carboxylic acids is 1. The number of rotatable bonds is 10. The lowest BCUT2D eigenvalue weighted by Gasteiger charge is -2.28. The monoisotopic (exact) mass is 636 g/mol. The number of aromatic nitrogens is 1. The van der Waals surface area contributed by atoms with E-state index in [2.05, 4.69) is 26.2 Å². The molecule has 0 radical (unpaired) electrons. The van der Waals surface area contributed by atoms with E-state index in [1.54, 1.807) is 20.8 Å². The zero-order valence-corrected chi connectivity index (χ0v) is 24.1. The van der Waals surface area contributed by atoms with Gasteiger partial charge in [-0.25, -0.2) is 23.4 Å². The number of halogens is 3. The molecule has 1 aromatic heterocycles. The normalized spacial score (nSPS) is 11.1. The Labute approximate surface area is 242 Å². The minimum Gasteiger partial charge on any atom is -0.481 e. The van der Waals surface area contributed by atoms with Crippen molar-refractivity contribution in [3.63, 3.8) is 0 Å². The Bertz CT molecular complexity index is 1480. The molecule has 0 unspecified atom stereocenters. The van der Waals surface area contributed by atoms with E-state index in [9.17, 15) is 33.6 Å². The molecule has 14 heteroatoms. The molecule has 2 N–H and O–H groups in total. The first kappa shape index (κ1) is 31.2. The van der Waals surface area contributed by atoms with Crippen molar-refractivity contribution >= 4 is 45.1 Å². The van der Waals surface area contributed by atoms with E-state index in [1.807, 2.05) is 0 Å². The molecular weight excluding hydrogens is 610 g/mol. The molecule has 3 aromatic rings. The van der Waals surface area contributed by atoms with Crippen LogP contribution in [0.5, 0.6) is 5.88 Å². The average Bonchev–Trinajstić information content (AvgIpc) is 2.88. The standard InChI is InChI=1S/C27H27BrF2N4O7/c1-27(2,3)41-26(37)33(10-9-21-23(34(38)39)7-8-24(32-21)40-4)14-15-11-16(29)5-6-20(15)31-22-13-18(28)19(30)12-17(22)25(35)36/h5-8,11-13,31H,9-10,14H2,1-4H3,(H,35,36). The van der Waals surface area contributed by atoms with Gasteiger partial charge in [0.25, 0.3) is 5.69 Å². The van der Waals surface area contributed by atoms with Crippen LogP contribution in [0.2, 0.25) is 0 Å². The van der Waals surface area contributed by atoms with Crippen LogP contribution in [0.15, 0.2) is 46.9 Å². The lowest BCUT2D eigenvalue weighted by atomic mass is 10.1. The molecule has 0 saturated heterocycles. The predicted octanol–water partition coefficient (Wildman–Crippen LogP) is 6.46. The molecule has 0 aliphatic carbocycles. The summed E-state index contributed by atoms with van der Waals surface area (Å²) >= 11 is 3.03. The van der Waals surface area contributed by atoms with Gasteiger partial charge in [0.05, 0.1) is 34.3 Å². The quantitative estimate of drug-likeness (QED) is 0.189. The Morgan fingerprint density at radius 2 is 1.85 bits per heavy atom. The van der Waals surface area contributed by atoms with Crippen molar-refractivity contribution in [1.29, 1.82) is 0 Å². The van der Waals surface area contributed by atoms with Gasteiger partial charge in [0.2, 0.25) is 5.88 Å². The Balaban J connectivity index is 2.00. The highest BCUT2D eigenvalue weighted by Gasteiger charge is 2.26. The number of ether oxygens (including phenoxy) is 2. The van der Waals surface area contributed by atoms with Crippen molar-refractivity contribution in [2.75, 3.05) is 19.0 Å². The maximum Gasteiger partial charge on any atom is 0.410 e. The maximum absolute atomic E-state index is 14.4. The van der Waals surface area contributed by atoms with Crippen LogP contribution in [0, 0.1) is 21.7 Å². The molecule has 0 spiro atoms. The highest BCUT2D eigenvalue weighted by atomic mass is 79.9. The number of amides is 1. The molecule has 3 rings (SSSR count). The fraction of sp³-hybridized carbons (Fsp3) is 0.296. The van der Waals surface area contributed by atoms with Crippen molar-refractivity contribution in [1.82, 2.24) is 9.88 Å². The molecule has 0 bridgehead atoms. The molecule has 0 atom stereocenters. The summed E-state index contributed by atoms with van der Waals surface area (Å²) in [5, 5.41) is 24.0. The van der Waals surface area contributed by atoms with Crippen LogP contribution in [0.3, 0.4) is 0 Å². The number of methoxy groups -OCH3 is 1. The van der Waals surface area contributed by atoms with Gasteiger partial charge in [0.15, 0.2) is 0 Å². The van der Waals surface area contributed by atoms with Crippen LogP contribution < -0.4 is 10.1 Å². The molecular formula is C27H27BrF2N4O7. The summed E-state index contributed by atoms with van der Waals surface area (Å²) in [5.41, 5.74) is -1.02. The zero-order valence-electron chi connectivity index (χ0n) is 22.5. The number of carbonyl (C=O) groups excluding carboxylic acids is 1. The number of anilines is 2. The SMILES string of the molecule is COc1ccc([N+](=O)[O-])c(CCN(Cc2cc(F)ccc2Nc2cc(Br)c(F)cc2C(=O)O)C(=O)OC(C)(C)C)n1. The van der Waals surface area contributed by atoms with Gasteiger partial charge in [0, 0.05) is 30.8 Å². The summed E-state index contributed by atoms with van der Waals surface area (Å²) < 4.78 is 39.0. The van der Waals surface area contributed by atoms with Crippen molar-refractivity contribution in [3.05, 3.63) is 85.5 Å². The van der Waals surface area contributed by atoms with Crippen LogP contribution in [0.1, 0.15) is 42.4 Å². The Hall–Kier alpha value is -4.33. The number of nitro groups is 1. The van der Waals surface area contributed by atoms with Gasteiger partial charge >= 0.3 is 12.1 Å². The van der Waals surface area contributed by atoms with Gasteiger partial charge < -0.3 is 24.8 Å². The van der Waals surface area contributed by atoms with Crippen LogP contribution in [-0.2, 0) is 17.7 Å². The van der Waals surface area contributed by atoms with Gasteiger partial charge in [0.1, 0.15) is 22.9 Å². The van der Waals surface area contributed by atoms with Crippen molar-refractivity contribution in [2.45, 2.75) is 39.3 Å². The van der Waals surface area contributed by atoms with Gasteiger partial charge in [-0.15, -0.1) is 0 Å². The average molecular weight is 637 g/mol. The first-order valence-corrected chi connectivity index (χ1v) is 12.9. The number of benzene rings is 2. The lowest BCUT2D eigenvalue weighted by Crippen LogP contribution is -2.38. The summed E-state index contributed by atoms with van der Waals surface area (Å²) in [5.74, 6) is -2.68. The maximum atomic E-state index is 14.4. The lowest BCUT2D eigenvalue weighted by molar-refractivity contribution is -0.386. The smallest absolute Gasteiger partial charge is 0.410 e. The highest BCUT2D eigenvalue weighted by Crippen LogP contribution is 2.30. The van der Waals surface area contributed by atoms with Crippen LogP contribution in [0.4, 0.5) is 30.6 Å². The Morgan fingerprint density at radius 1 is 1.15 bits per heavy atom. The van der Waals surface area contributed by atoms with E-state index in [0.29, 0.717) is 0 Å². The van der Waals surface area contributed by atoms with Gasteiger partial charge in [-0.1, -0.05) is 0 Å². The van der Waals surface area contributed by atoms with Gasteiger partial charge in [-0.05, 0) is 72.6 Å². The summed E-state index contributed by atoms with van der Waals surface area (Å²) in [6.07, 6.45) is -0.854. The molecule has 2 aromatic carbocycles. The topological polar surface area (TPSA) is 144 Å². The molecule has 41 heavy (non-hydrogen) atoms. The zero-order chi connectivity index (χ0) is 30.5. The van der Waals surface area contributed by atoms with E-state index in [1.165, 1.54) is 36.3 Å². The molecule has 0 aliphatic rings. The minimum absolute atomic E-state index is 0.00331. The van der Waals surface area contributed by atoms with Crippen molar-refractivity contribution in [3.8, 4) is 5.88 Å². The number of nitrogens with zero attached hydrogens (tertiary/aromatic N) is 3. The van der Waals surface area contributed by atoms with Crippen molar-refractivity contribution < 1.29 is 37.9 Å². The molecule has 0 fully saturated rings. The fourth-order valence-corrected chi connectivity index (χ4v) is 4.08. The first-order valence-electron chi connectivity index (χ1n) is 12.1. The summed E-state index contributed by atoms with van der Waals surface area (Å²) in [4.78, 5) is 41.3. The number of hydrogen-bond donors (Lipinski definition) is 2. The van der Waals surface area contributed by atoms with E-state index in [4.69, 9.17) is 9.47 Å². The van der Waals surface area contributed by atoms with Gasteiger partial charge in [-0.2, -0.15) is 0 Å². The number of pyridine rings is 1. The van der Waals surface area contributed by atoms with Crippen LogP contribution in [-0.4, -0.2) is 51.2 Å². The first-order chi connectivity index (χ1) is 19.2. The highest BCUT2D eigenvalue weighted by molar-refractivity contribution is 9.10. The third-order valence-corrected chi connectivity index (χ3v) is 6.20. The fourth-order valence-electron chi connectivity index (χ4n) is 3.73. The second-order valence-electron chi connectivity index (χ2n) is 9.77. The van der Waals surface area contributed by atoms with E-state index in [-0.39, 0.29) is 63.7 Å². The summed E-state index contributed by atoms with van der Waals surface area (Å²) in [6, 6.07) is 8.27. The molecule has 0 saturated carbocycles. The van der Waals surface area contributed by atoms with E-state index in [0.717, 1.165) is 18.2 Å². The van der Waals surface area contributed by atoms with Crippen molar-refractivity contribution in [2.24, 2.45) is 0 Å². The second-order valence-corrected chi connectivity index (χ2v) is 10.6. The Kier molecular flexibility index (Phi) is 9.81. The third kappa shape index (κ3) is 8.33. The second kappa shape index (κ2) is 12.9. The number of carbonyl (C=O) groups is 2. The molecule has 11 nitrogen and oxygen atoms in total. The third-order valence-electron chi connectivity index (χ3n) is 5.59. The van der Waals surface area contributed by atoms with Crippen LogP contribution >= 0.6 is 15.9 Å². The van der Waals surface area contributed by atoms with Crippen LogP contribution in [0.25, 0.3) is 0 Å². The number of aromatic carboxylic acids is 1. The molecule has 1 heterocycles. The molecule has 0 aliphatic heterocycles. The number of hydrogen-bond acceptors (Lipinski definition) is 8.